The number of fused-ring (bicyclic) bond motifs is 2. The Balaban J connectivity index is 1.78. The molecule has 3 heteroatoms. The van der Waals surface area contributed by atoms with Gasteiger partial charge in [0.05, 0.1) is 16.6 Å². The lowest BCUT2D eigenvalue weighted by molar-refractivity contribution is 1.17. The van der Waals surface area contributed by atoms with E-state index < -0.39 is 0 Å². The first-order valence-electron chi connectivity index (χ1n) is 7.33. The molecule has 0 spiro atoms. The van der Waals surface area contributed by atoms with E-state index in [1.807, 2.05) is 37.6 Å². The van der Waals surface area contributed by atoms with Gasteiger partial charge in [-0.3, -0.25) is 15.0 Å². The van der Waals surface area contributed by atoms with Crippen molar-refractivity contribution in [3.8, 4) is 0 Å². The van der Waals surface area contributed by atoms with Crippen molar-refractivity contribution in [2.24, 2.45) is 0 Å². The van der Waals surface area contributed by atoms with Gasteiger partial charge in [-0.15, -0.1) is 0 Å². The molecule has 106 valence electrons. The van der Waals surface area contributed by atoms with E-state index >= 15 is 0 Å². The molecule has 0 radical (unpaired) electrons. The molecular formula is C19H15N3. The number of hydrogen-bond acceptors (Lipinski definition) is 3. The Morgan fingerprint density at radius 1 is 0.864 bits per heavy atom. The van der Waals surface area contributed by atoms with E-state index in [1.165, 1.54) is 16.5 Å². The average molecular weight is 285 g/mol. The summed E-state index contributed by atoms with van der Waals surface area (Å²) in [7, 11) is 0. The maximum absolute atomic E-state index is 4.56. The first-order chi connectivity index (χ1) is 10.8. The van der Waals surface area contributed by atoms with Gasteiger partial charge in [0.25, 0.3) is 0 Å². The van der Waals surface area contributed by atoms with Gasteiger partial charge in [0.15, 0.2) is 0 Å². The summed E-state index contributed by atoms with van der Waals surface area (Å²) in [4.78, 5) is 13.4. The molecule has 1 aromatic carbocycles. The molecule has 0 unspecified atom stereocenters. The zero-order valence-corrected chi connectivity index (χ0v) is 12.3. The highest BCUT2D eigenvalue weighted by Crippen LogP contribution is 2.20. The molecule has 0 saturated carbocycles. The van der Waals surface area contributed by atoms with Crippen LogP contribution in [0.3, 0.4) is 0 Å². The van der Waals surface area contributed by atoms with Gasteiger partial charge in [-0.25, -0.2) is 0 Å². The summed E-state index contributed by atoms with van der Waals surface area (Å²) in [6.45, 7) is 2.04. The van der Waals surface area contributed by atoms with Crippen LogP contribution in [0.5, 0.6) is 0 Å². The summed E-state index contributed by atoms with van der Waals surface area (Å²) in [6, 6.07) is 14.6. The molecule has 0 aliphatic rings. The Hall–Kier alpha value is -2.81. The second kappa shape index (κ2) is 5.19. The number of hydrogen-bond donors (Lipinski definition) is 0. The van der Waals surface area contributed by atoms with Crippen LogP contribution >= 0.6 is 0 Å². The molecular weight excluding hydrogens is 270 g/mol. The zero-order chi connectivity index (χ0) is 14.9. The minimum Gasteiger partial charge on any atom is -0.256 e. The molecule has 0 N–H and O–H groups in total. The highest BCUT2D eigenvalue weighted by Gasteiger charge is 2.06. The van der Waals surface area contributed by atoms with Crippen molar-refractivity contribution in [1.29, 1.82) is 0 Å². The quantitative estimate of drug-likeness (QED) is 0.557. The molecule has 0 bridgehead atoms. The first kappa shape index (κ1) is 12.9. The van der Waals surface area contributed by atoms with Crippen LogP contribution in [0.25, 0.3) is 21.9 Å². The van der Waals surface area contributed by atoms with Crippen molar-refractivity contribution < 1.29 is 0 Å². The van der Waals surface area contributed by atoms with Crippen LogP contribution in [0.15, 0.2) is 61.1 Å². The second-order valence-corrected chi connectivity index (χ2v) is 5.56. The molecule has 3 heterocycles. The maximum Gasteiger partial charge on any atom is 0.0922 e. The Morgan fingerprint density at radius 3 is 2.73 bits per heavy atom. The minimum absolute atomic E-state index is 0.835. The molecule has 0 fully saturated rings. The van der Waals surface area contributed by atoms with Gasteiger partial charge in [0.2, 0.25) is 0 Å². The van der Waals surface area contributed by atoms with Crippen molar-refractivity contribution in [3.63, 3.8) is 0 Å². The summed E-state index contributed by atoms with van der Waals surface area (Å²) in [5.41, 5.74) is 6.53. The van der Waals surface area contributed by atoms with Crippen LogP contribution in [0.1, 0.15) is 16.7 Å². The molecule has 22 heavy (non-hydrogen) atoms. The largest absolute Gasteiger partial charge is 0.256 e. The topological polar surface area (TPSA) is 38.7 Å². The zero-order valence-electron chi connectivity index (χ0n) is 12.3. The molecule has 0 saturated heterocycles. The summed E-state index contributed by atoms with van der Waals surface area (Å²) in [5, 5.41) is 1.17. The van der Waals surface area contributed by atoms with Gasteiger partial charge >= 0.3 is 0 Å². The normalized spacial score (nSPS) is 11.1. The predicted molar refractivity (Wildman–Crippen MR) is 88.8 cm³/mol. The van der Waals surface area contributed by atoms with E-state index in [0.717, 1.165) is 28.5 Å². The van der Waals surface area contributed by atoms with Crippen molar-refractivity contribution in [1.82, 2.24) is 15.0 Å². The third-order valence-corrected chi connectivity index (χ3v) is 3.86. The molecule has 4 rings (SSSR count). The van der Waals surface area contributed by atoms with Gasteiger partial charge in [-0.2, -0.15) is 0 Å². The Morgan fingerprint density at radius 2 is 1.77 bits per heavy atom. The van der Waals surface area contributed by atoms with Crippen molar-refractivity contribution >= 4 is 21.9 Å². The fourth-order valence-electron chi connectivity index (χ4n) is 2.77. The number of nitrogens with zero attached hydrogens (tertiary/aromatic N) is 3. The second-order valence-electron chi connectivity index (χ2n) is 5.56. The van der Waals surface area contributed by atoms with E-state index in [2.05, 4.69) is 45.3 Å². The van der Waals surface area contributed by atoms with Gasteiger partial charge in [0.1, 0.15) is 0 Å². The van der Waals surface area contributed by atoms with Crippen molar-refractivity contribution in [3.05, 3.63) is 77.7 Å². The van der Waals surface area contributed by atoms with E-state index in [1.54, 1.807) is 0 Å². The fourth-order valence-corrected chi connectivity index (χ4v) is 2.77. The minimum atomic E-state index is 0.835. The molecule has 0 aliphatic heterocycles. The predicted octanol–water partition coefficient (Wildman–Crippen LogP) is 4.08. The highest BCUT2D eigenvalue weighted by molar-refractivity contribution is 5.80. The lowest BCUT2D eigenvalue weighted by atomic mass is 10.0. The molecule has 0 amide bonds. The number of pyridine rings is 3. The summed E-state index contributed by atoms with van der Waals surface area (Å²) in [5.74, 6) is 0. The molecule has 3 aromatic heterocycles. The van der Waals surface area contributed by atoms with E-state index in [0.29, 0.717) is 0 Å². The monoisotopic (exact) mass is 285 g/mol. The summed E-state index contributed by atoms with van der Waals surface area (Å²) in [6.07, 6.45) is 6.42. The van der Waals surface area contributed by atoms with Gasteiger partial charge in [-0.05, 0) is 54.3 Å². The fraction of sp³-hybridized carbons (Fsp3) is 0.105. The van der Waals surface area contributed by atoms with Crippen LogP contribution in [-0.2, 0) is 6.42 Å². The van der Waals surface area contributed by atoms with E-state index in [-0.39, 0.29) is 0 Å². The van der Waals surface area contributed by atoms with Crippen LogP contribution in [-0.4, -0.2) is 15.0 Å². The van der Waals surface area contributed by atoms with Crippen molar-refractivity contribution in [2.45, 2.75) is 13.3 Å². The highest BCUT2D eigenvalue weighted by atomic mass is 14.7. The van der Waals surface area contributed by atoms with Crippen LogP contribution in [0.2, 0.25) is 0 Å². The smallest absolute Gasteiger partial charge is 0.0922 e. The molecule has 0 aliphatic carbocycles. The summed E-state index contributed by atoms with van der Waals surface area (Å²) < 4.78 is 0. The maximum atomic E-state index is 4.56. The lowest BCUT2D eigenvalue weighted by Crippen LogP contribution is -1.94. The third-order valence-electron chi connectivity index (χ3n) is 3.86. The molecule has 3 nitrogen and oxygen atoms in total. The molecule has 0 atom stereocenters. The summed E-state index contributed by atoms with van der Waals surface area (Å²) >= 11 is 0. The third kappa shape index (κ3) is 2.31. The van der Waals surface area contributed by atoms with E-state index in [9.17, 15) is 0 Å². The number of aromatic nitrogens is 3. The number of benzene rings is 1. The Bertz CT molecular complexity index is 976. The number of rotatable bonds is 2. The number of aryl methyl sites for hydroxylation is 1. The van der Waals surface area contributed by atoms with Crippen LogP contribution < -0.4 is 0 Å². The standard InChI is InChI=1S/C19H15N3/c1-13-9-18-19(22-12-13)16(6-8-21-18)10-14-4-5-15-3-2-7-20-17(15)11-14/h2-9,11-12H,10H2,1H3. The molecule has 4 aromatic rings. The van der Waals surface area contributed by atoms with Gasteiger partial charge in [0, 0.05) is 24.0 Å². The van der Waals surface area contributed by atoms with Crippen LogP contribution in [0, 0.1) is 6.92 Å². The van der Waals surface area contributed by atoms with Crippen LogP contribution in [0.4, 0.5) is 0 Å². The van der Waals surface area contributed by atoms with E-state index in [4.69, 9.17) is 0 Å². The lowest BCUT2D eigenvalue weighted by Gasteiger charge is -2.07. The van der Waals surface area contributed by atoms with Gasteiger partial charge in [-0.1, -0.05) is 18.2 Å². The SMILES string of the molecule is Cc1cnc2c(Cc3ccc4cccnc4c3)ccnc2c1. The Labute approximate surface area is 128 Å². The van der Waals surface area contributed by atoms with Gasteiger partial charge < -0.3 is 0 Å². The Kier molecular flexibility index (Phi) is 3.04. The van der Waals surface area contributed by atoms with Crippen molar-refractivity contribution in [2.75, 3.05) is 0 Å². The first-order valence-corrected chi connectivity index (χ1v) is 7.33. The average Bonchev–Trinajstić information content (AvgIpc) is 2.55.